The zero-order valence-corrected chi connectivity index (χ0v) is 14.4. The molecule has 7 nitrogen and oxygen atoms in total. The summed E-state index contributed by atoms with van der Waals surface area (Å²) in [5.74, 6) is -2.09. The molecule has 0 fully saturated rings. The van der Waals surface area contributed by atoms with E-state index in [1.54, 1.807) is 32.9 Å². The van der Waals surface area contributed by atoms with Gasteiger partial charge < -0.3 is 20.0 Å². The summed E-state index contributed by atoms with van der Waals surface area (Å²) in [5, 5.41) is 25.8. The fourth-order valence-corrected chi connectivity index (χ4v) is 3.60. The number of nitrogens with one attached hydrogen (secondary N) is 2. The van der Waals surface area contributed by atoms with Crippen molar-refractivity contribution in [2.45, 2.75) is 44.8 Å². The van der Waals surface area contributed by atoms with E-state index in [0.29, 0.717) is 16.8 Å². The van der Waals surface area contributed by atoms with Crippen LogP contribution in [0, 0.1) is 5.92 Å². The highest BCUT2D eigenvalue weighted by atomic mass is 16.5. The van der Waals surface area contributed by atoms with Gasteiger partial charge in [0.1, 0.15) is 5.75 Å². The maximum absolute atomic E-state index is 12.8. The lowest BCUT2D eigenvalue weighted by atomic mass is 9.66. The Kier molecular flexibility index (Phi) is 4.20. The van der Waals surface area contributed by atoms with Gasteiger partial charge in [0.05, 0.1) is 17.6 Å². The van der Waals surface area contributed by atoms with Crippen LogP contribution in [-0.2, 0) is 16.0 Å². The smallest absolute Gasteiger partial charge is 0.313 e. The van der Waals surface area contributed by atoms with Gasteiger partial charge in [-0.3, -0.25) is 14.7 Å². The van der Waals surface area contributed by atoms with Crippen molar-refractivity contribution in [2.75, 3.05) is 0 Å². The summed E-state index contributed by atoms with van der Waals surface area (Å²) in [6, 6.07) is 6.27. The zero-order valence-electron chi connectivity index (χ0n) is 14.4. The minimum absolute atomic E-state index is 0.0795. The van der Waals surface area contributed by atoms with Crippen molar-refractivity contribution in [2.24, 2.45) is 5.92 Å². The van der Waals surface area contributed by atoms with E-state index in [1.165, 1.54) is 12.1 Å². The molecule has 1 aromatic heterocycles. The van der Waals surface area contributed by atoms with Gasteiger partial charge in [0, 0.05) is 23.6 Å². The fourth-order valence-electron chi connectivity index (χ4n) is 3.60. The molecule has 1 aliphatic rings. The number of rotatable bonds is 3. The predicted molar refractivity (Wildman–Crippen MR) is 90.4 cm³/mol. The van der Waals surface area contributed by atoms with Crippen LogP contribution in [-0.4, -0.2) is 38.1 Å². The van der Waals surface area contributed by atoms with Crippen LogP contribution in [0.25, 0.3) is 0 Å². The van der Waals surface area contributed by atoms with Crippen molar-refractivity contribution in [3.05, 3.63) is 51.4 Å². The molecule has 3 rings (SSSR count). The third kappa shape index (κ3) is 3.07. The molecule has 4 N–H and O–H groups in total. The molecule has 0 spiro atoms. The van der Waals surface area contributed by atoms with Crippen LogP contribution >= 0.6 is 0 Å². The number of H-pyrrole nitrogens is 2. The Morgan fingerprint density at radius 2 is 1.92 bits per heavy atom. The molecule has 3 atom stereocenters. The van der Waals surface area contributed by atoms with Gasteiger partial charge in [0.25, 0.3) is 5.56 Å². The number of carbonyl (C=O) groups is 1. The summed E-state index contributed by atoms with van der Waals surface area (Å²) >= 11 is 0. The number of phenolic OH excluding ortho intramolecular Hbond substituents is 1. The Morgan fingerprint density at radius 3 is 2.52 bits per heavy atom. The first-order valence-corrected chi connectivity index (χ1v) is 8.22. The normalized spacial score (nSPS) is 25.6. The second-order valence-electron chi connectivity index (χ2n) is 7.04. The predicted octanol–water partition coefficient (Wildman–Crippen LogP) is 1.42. The summed E-state index contributed by atoms with van der Waals surface area (Å²) in [7, 11) is 0. The first-order valence-electron chi connectivity index (χ1n) is 8.22. The monoisotopic (exact) mass is 346 g/mol. The second-order valence-corrected chi connectivity index (χ2v) is 7.04. The highest BCUT2D eigenvalue weighted by Gasteiger charge is 2.51. The van der Waals surface area contributed by atoms with Gasteiger partial charge in [0.15, 0.2) is 0 Å². The molecule has 0 aliphatic heterocycles. The summed E-state index contributed by atoms with van der Waals surface area (Å²) in [6.07, 6.45) is -0.206. The van der Waals surface area contributed by atoms with Crippen LogP contribution in [0.4, 0.5) is 0 Å². The van der Waals surface area contributed by atoms with Crippen LogP contribution in [0.15, 0.2) is 29.1 Å². The molecule has 1 heterocycles. The first kappa shape index (κ1) is 17.3. The Morgan fingerprint density at radius 1 is 1.28 bits per heavy atom. The molecule has 7 heteroatoms. The number of hydrogen-bond donors (Lipinski definition) is 4. The van der Waals surface area contributed by atoms with Gasteiger partial charge in [-0.05, 0) is 38.5 Å². The van der Waals surface area contributed by atoms with Crippen LogP contribution in [0.3, 0.4) is 0 Å². The minimum atomic E-state index is -1.40. The number of hydrogen-bond acceptors (Lipinski definition) is 5. The summed E-state index contributed by atoms with van der Waals surface area (Å²) in [4.78, 5) is 25.1. The van der Waals surface area contributed by atoms with Crippen molar-refractivity contribution < 1.29 is 19.7 Å². The Balaban J connectivity index is 2.18. The highest BCUT2D eigenvalue weighted by molar-refractivity contribution is 5.77. The molecule has 0 saturated heterocycles. The quantitative estimate of drug-likeness (QED) is 0.627. The maximum Gasteiger partial charge on any atom is 0.313 e. The lowest BCUT2D eigenvalue weighted by molar-refractivity contribution is -0.163. The van der Waals surface area contributed by atoms with E-state index in [0.717, 1.165) is 0 Å². The first-order chi connectivity index (χ1) is 11.7. The van der Waals surface area contributed by atoms with Crippen LogP contribution in [0.5, 0.6) is 5.75 Å². The third-order valence-corrected chi connectivity index (χ3v) is 4.60. The SMILES string of the molecule is CC(C)OC(=O)[C@@H]1[C@@H](c2ccc(O)cc2)c2c([nH][nH]c2=O)C[C@@]1(C)O. The minimum Gasteiger partial charge on any atom is -0.508 e. The highest BCUT2D eigenvalue weighted by Crippen LogP contribution is 2.44. The molecule has 0 radical (unpaired) electrons. The molecule has 25 heavy (non-hydrogen) atoms. The van der Waals surface area contributed by atoms with Gasteiger partial charge in [-0.25, -0.2) is 0 Å². The second kappa shape index (κ2) is 6.07. The average molecular weight is 346 g/mol. The molecular formula is C18H22N2O5. The van der Waals surface area contributed by atoms with Crippen molar-refractivity contribution in [3.63, 3.8) is 0 Å². The topological polar surface area (TPSA) is 115 Å². The van der Waals surface area contributed by atoms with Crippen LogP contribution in [0.1, 0.15) is 43.5 Å². The van der Waals surface area contributed by atoms with E-state index in [-0.39, 0.29) is 23.8 Å². The number of aromatic nitrogens is 2. The summed E-state index contributed by atoms with van der Waals surface area (Å²) in [5.41, 5.74) is -0.0857. The number of phenols is 1. The molecule has 1 aromatic carbocycles. The number of benzene rings is 1. The lowest BCUT2D eigenvalue weighted by Gasteiger charge is -2.40. The standard InChI is InChI=1S/C18H22N2O5/c1-9(2)25-17(23)15-13(10-4-6-11(21)7-5-10)14-12(8-18(15,3)24)19-20-16(14)22/h4-7,9,13,15,21,24H,8H2,1-3H3,(H2,19,20,22)/t13-,15-,18+/m0/s1. The van der Waals surface area contributed by atoms with Crippen LogP contribution < -0.4 is 5.56 Å². The van der Waals surface area contributed by atoms with E-state index in [2.05, 4.69) is 10.2 Å². The Labute approximate surface area is 144 Å². The van der Waals surface area contributed by atoms with Crippen molar-refractivity contribution in [1.82, 2.24) is 10.2 Å². The number of fused-ring (bicyclic) bond motifs is 1. The number of aliphatic hydroxyl groups is 1. The molecule has 134 valence electrons. The molecule has 0 unspecified atom stereocenters. The van der Waals surface area contributed by atoms with E-state index in [4.69, 9.17) is 4.74 Å². The van der Waals surface area contributed by atoms with Gasteiger partial charge in [-0.2, -0.15) is 0 Å². The van der Waals surface area contributed by atoms with Crippen molar-refractivity contribution in [1.29, 1.82) is 0 Å². The van der Waals surface area contributed by atoms with Gasteiger partial charge in [-0.1, -0.05) is 12.1 Å². The summed E-state index contributed by atoms with van der Waals surface area (Å²) < 4.78 is 5.36. The largest absolute Gasteiger partial charge is 0.508 e. The van der Waals surface area contributed by atoms with E-state index in [9.17, 15) is 19.8 Å². The molecular weight excluding hydrogens is 324 g/mol. The number of ether oxygens (including phenoxy) is 1. The van der Waals surface area contributed by atoms with Gasteiger partial charge in [-0.15, -0.1) is 0 Å². The van der Waals surface area contributed by atoms with E-state index >= 15 is 0 Å². The maximum atomic E-state index is 12.8. The van der Waals surface area contributed by atoms with Crippen LogP contribution in [0.2, 0.25) is 0 Å². The lowest BCUT2D eigenvalue weighted by Crippen LogP contribution is -2.50. The zero-order chi connectivity index (χ0) is 18.4. The van der Waals surface area contributed by atoms with Crippen molar-refractivity contribution >= 4 is 5.97 Å². The Bertz CT molecular complexity index is 832. The number of carbonyl (C=O) groups excluding carboxylic acids is 1. The molecule has 1 aliphatic carbocycles. The average Bonchev–Trinajstić information content (AvgIpc) is 2.85. The number of esters is 1. The number of aromatic hydroxyl groups is 1. The van der Waals surface area contributed by atoms with Gasteiger partial charge in [0.2, 0.25) is 0 Å². The van der Waals surface area contributed by atoms with E-state index < -0.39 is 23.4 Å². The fraction of sp³-hybridized carbons (Fsp3) is 0.444. The van der Waals surface area contributed by atoms with E-state index in [1.807, 2.05) is 0 Å². The number of aromatic amines is 2. The van der Waals surface area contributed by atoms with Gasteiger partial charge >= 0.3 is 5.97 Å². The molecule has 0 bridgehead atoms. The Hall–Kier alpha value is -2.54. The van der Waals surface area contributed by atoms with Crippen molar-refractivity contribution in [3.8, 4) is 5.75 Å². The molecule has 0 amide bonds. The molecule has 2 aromatic rings. The molecule has 0 saturated carbocycles. The third-order valence-electron chi connectivity index (χ3n) is 4.60. The summed E-state index contributed by atoms with van der Waals surface area (Å²) in [6.45, 7) is 5.04.